The van der Waals surface area contributed by atoms with Gasteiger partial charge in [-0.3, -0.25) is 0 Å². The average Bonchev–Trinajstić information content (AvgIpc) is 3.76. The molecule has 0 N–H and O–H groups in total. The van der Waals surface area contributed by atoms with Crippen LogP contribution in [0.5, 0.6) is 0 Å². The lowest BCUT2D eigenvalue weighted by Crippen LogP contribution is -1.95. The minimum atomic E-state index is 0.712. The first kappa shape index (κ1) is 36.3. The third-order valence-electron chi connectivity index (χ3n) is 11.3. The Hall–Kier alpha value is -7.79. The maximum absolute atomic E-state index is 5.31. The van der Waals surface area contributed by atoms with Crippen LogP contribution in [0.2, 0.25) is 0 Å². The molecule has 8 aromatic carbocycles. The van der Waals surface area contributed by atoms with E-state index < -0.39 is 0 Å². The van der Waals surface area contributed by atoms with Crippen molar-refractivity contribution in [1.29, 1.82) is 0 Å². The van der Waals surface area contributed by atoms with Crippen LogP contribution in [-0.2, 0) is 0 Å². The minimum Gasteiger partial charge on any atom is -0.246 e. The highest BCUT2D eigenvalue weighted by atomic mass is 32.1. The predicted molar refractivity (Wildman–Crippen MR) is 256 cm³/mol. The van der Waals surface area contributed by atoms with Gasteiger partial charge in [0.05, 0.1) is 27.3 Å². The number of hydrogen-bond acceptors (Lipinski definition) is 4. The number of benzene rings is 8. The molecule has 0 atom stereocenters. The van der Waals surface area contributed by atoms with Gasteiger partial charge in [0.1, 0.15) is 0 Å². The van der Waals surface area contributed by atoms with Crippen molar-refractivity contribution in [2.75, 3.05) is 0 Å². The zero-order valence-electron chi connectivity index (χ0n) is 33.1. The SMILES string of the molecule is c1ccc(-c2cccc(-c3c(-c4ccc(-c5ccc(-c6cc(-c7ccccc7)nc(-c7ccccc7)n6)cc5)cc4)sc4c(-c5ccccc5)nc5ccccc5c34)c2)cc1. The molecular formula is C57H37N3S. The number of nitrogens with zero attached hydrogens (tertiary/aromatic N) is 3. The summed E-state index contributed by atoms with van der Waals surface area (Å²) >= 11 is 1.84. The molecule has 0 bridgehead atoms. The highest BCUT2D eigenvalue weighted by Gasteiger charge is 2.23. The molecular weight excluding hydrogens is 759 g/mol. The standard InChI is InChI=1S/C57H37N3S/c1-5-16-38(17-6-1)46-24-15-25-47(36-46)52-53-48-26-13-14-27-49(48)58-54(43-20-9-3-10-21-43)56(53)61-55(52)44-34-30-40(31-35-44)39-28-32-42(33-29-39)51-37-50(41-18-7-2-8-19-41)59-57(60-51)45-22-11-4-12-23-45/h1-37H. The van der Waals surface area contributed by atoms with E-state index in [0.717, 1.165) is 61.4 Å². The molecule has 4 heteroatoms. The molecule has 0 fully saturated rings. The summed E-state index contributed by atoms with van der Waals surface area (Å²) in [7, 11) is 0. The molecule has 0 radical (unpaired) electrons. The van der Waals surface area contributed by atoms with E-state index in [4.69, 9.17) is 15.0 Å². The predicted octanol–water partition coefficient (Wildman–Crippen LogP) is 15.6. The molecule has 3 aromatic heterocycles. The maximum Gasteiger partial charge on any atom is 0.160 e. The van der Waals surface area contributed by atoms with E-state index in [0.29, 0.717) is 5.82 Å². The zero-order chi connectivity index (χ0) is 40.5. The minimum absolute atomic E-state index is 0.712. The van der Waals surface area contributed by atoms with Gasteiger partial charge in [-0.15, -0.1) is 11.3 Å². The Morgan fingerprint density at radius 3 is 1.41 bits per heavy atom. The van der Waals surface area contributed by atoms with E-state index in [2.05, 4.69) is 188 Å². The van der Waals surface area contributed by atoms with Crippen LogP contribution < -0.4 is 0 Å². The largest absolute Gasteiger partial charge is 0.246 e. The second-order valence-corrected chi connectivity index (χ2v) is 16.2. The Kier molecular flexibility index (Phi) is 9.38. The molecule has 0 saturated heterocycles. The molecule has 0 aliphatic rings. The fraction of sp³-hybridized carbons (Fsp3) is 0. The first-order valence-corrected chi connectivity index (χ1v) is 21.3. The molecule has 0 aliphatic carbocycles. The van der Waals surface area contributed by atoms with Crippen molar-refractivity contribution in [2.24, 2.45) is 0 Å². The van der Waals surface area contributed by atoms with E-state index in [1.807, 2.05) is 47.7 Å². The molecule has 0 spiro atoms. The van der Waals surface area contributed by atoms with Crippen molar-refractivity contribution in [3.8, 4) is 89.0 Å². The number of aromatic nitrogens is 3. The number of thiophene rings is 1. The summed E-state index contributed by atoms with van der Waals surface area (Å²) in [5.74, 6) is 0.712. The van der Waals surface area contributed by atoms with Crippen LogP contribution >= 0.6 is 11.3 Å². The van der Waals surface area contributed by atoms with E-state index in [9.17, 15) is 0 Å². The van der Waals surface area contributed by atoms with Gasteiger partial charge in [-0.2, -0.15) is 0 Å². The van der Waals surface area contributed by atoms with Crippen LogP contribution in [0.3, 0.4) is 0 Å². The van der Waals surface area contributed by atoms with Gasteiger partial charge < -0.3 is 0 Å². The lowest BCUT2D eigenvalue weighted by atomic mass is 9.93. The van der Waals surface area contributed by atoms with E-state index in [-0.39, 0.29) is 0 Å². The van der Waals surface area contributed by atoms with E-state index in [1.54, 1.807) is 0 Å². The summed E-state index contributed by atoms with van der Waals surface area (Å²) in [4.78, 5) is 16.6. The van der Waals surface area contributed by atoms with Crippen molar-refractivity contribution in [2.45, 2.75) is 0 Å². The van der Waals surface area contributed by atoms with Crippen LogP contribution in [0.4, 0.5) is 0 Å². The monoisotopic (exact) mass is 795 g/mol. The molecule has 0 saturated carbocycles. The lowest BCUT2D eigenvalue weighted by molar-refractivity contribution is 1.18. The Balaban J connectivity index is 1.01. The van der Waals surface area contributed by atoms with Gasteiger partial charge in [0.15, 0.2) is 5.82 Å². The van der Waals surface area contributed by atoms with Crippen LogP contribution in [0.25, 0.3) is 110 Å². The summed E-state index contributed by atoms with van der Waals surface area (Å²) in [6.07, 6.45) is 0. The summed E-state index contributed by atoms with van der Waals surface area (Å²) in [5, 5.41) is 2.40. The fourth-order valence-corrected chi connectivity index (χ4v) is 9.63. The quantitative estimate of drug-likeness (QED) is 0.154. The van der Waals surface area contributed by atoms with Crippen LogP contribution in [-0.4, -0.2) is 15.0 Å². The maximum atomic E-state index is 5.31. The van der Waals surface area contributed by atoms with Crippen molar-refractivity contribution in [1.82, 2.24) is 15.0 Å². The van der Waals surface area contributed by atoms with Crippen molar-refractivity contribution in [3.63, 3.8) is 0 Å². The molecule has 0 amide bonds. The normalized spacial score (nSPS) is 11.3. The second-order valence-electron chi connectivity index (χ2n) is 15.1. The van der Waals surface area contributed by atoms with Gasteiger partial charge in [0, 0.05) is 43.5 Å². The second kappa shape index (κ2) is 15.8. The topological polar surface area (TPSA) is 38.7 Å². The number of rotatable bonds is 8. The Labute approximate surface area is 359 Å². The summed E-state index contributed by atoms with van der Waals surface area (Å²) in [6, 6.07) is 79.2. The molecule has 11 rings (SSSR count). The highest BCUT2D eigenvalue weighted by molar-refractivity contribution is 7.23. The molecule has 3 nitrogen and oxygen atoms in total. The van der Waals surface area contributed by atoms with Gasteiger partial charge in [-0.25, -0.2) is 15.0 Å². The molecule has 11 aromatic rings. The van der Waals surface area contributed by atoms with Crippen LogP contribution in [0, 0.1) is 0 Å². The first-order valence-electron chi connectivity index (χ1n) is 20.5. The number of hydrogen-bond donors (Lipinski definition) is 0. The van der Waals surface area contributed by atoms with Crippen molar-refractivity contribution in [3.05, 3.63) is 224 Å². The average molecular weight is 796 g/mol. The Morgan fingerprint density at radius 1 is 0.311 bits per heavy atom. The molecule has 0 unspecified atom stereocenters. The van der Waals surface area contributed by atoms with Gasteiger partial charge in [0.25, 0.3) is 0 Å². The number of para-hydroxylation sites is 1. The summed E-state index contributed by atoms with van der Waals surface area (Å²) in [5.41, 5.74) is 16.3. The molecule has 0 aliphatic heterocycles. The molecule has 3 heterocycles. The van der Waals surface area contributed by atoms with Gasteiger partial charge in [-0.1, -0.05) is 206 Å². The van der Waals surface area contributed by atoms with Crippen LogP contribution in [0.1, 0.15) is 0 Å². The van der Waals surface area contributed by atoms with E-state index >= 15 is 0 Å². The zero-order valence-corrected chi connectivity index (χ0v) is 33.9. The smallest absolute Gasteiger partial charge is 0.160 e. The Morgan fingerprint density at radius 2 is 0.770 bits per heavy atom. The van der Waals surface area contributed by atoms with Crippen molar-refractivity contribution < 1.29 is 0 Å². The van der Waals surface area contributed by atoms with Gasteiger partial charge in [-0.05, 0) is 51.6 Å². The number of fused-ring (bicyclic) bond motifs is 3. The number of pyridine rings is 1. The Bertz CT molecular complexity index is 3250. The van der Waals surface area contributed by atoms with Crippen molar-refractivity contribution >= 4 is 32.3 Å². The van der Waals surface area contributed by atoms with Gasteiger partial charge in [0.2, 0.25) is 0 Å². The summed E-state index contributed by atoms with van der Waals surface area (Å²) < 4.78 is 1.19. The van der Waals surface area contributed by atoms with Crippen LogP contribution in [0.15, 0.2) is 224 Å². The molecule has 286 valence electrons. The summed E-state index contributed by atoms with van der Waals surface area (Å²) in [6.45, 7) is 0. The lowest BCUT2D eigenvalue weighted by Gasteiger charge is -2.12. The molecule has 61 heavy (non-hydrogen) atoms. The van der Waals surface area contributed by atoms with Gasteiger partial charge >= 0.3 is 0 Å². The fourth-order valence-electron chi connectivity index (χ4n) is 8.28. The highest BCUT2D eigenvalue weighted by Crippen LogP contribution is 2.50. The van der Waals surface area contributed by atoms with E-state index in [1.165, 1.54) is 42.8 Å². The first-order chi connectivity index (χ1) is 30.2. The third kappa shape index (κ3) is 6.99. The third-order valence-corrected chi connectivity index (χ3v) is 12.6.